The van der Waals surface area contributed by atoms with Crippen molar-refractivity contribution in [3.8, 4) is 0 Å². The van der Waals surface area contributed by atoms with Crippen LogP contribution in [0.4, 0.5) is 5.69 Å². The summed E-state index contributed by atoms with van der Waals surface area (Å²) >= 11 is 3.42. The summed E-state index contributed by atoms with van der Waals surface area (Å²) in [4.78, 5) is 12.7. The molecule has 0 saturated heterocycles. The van der Waals surface area contributed by atoms with Crippen LogP contribution in [0.25, 0.3) is 0 Å². The van der Waals surface area contributed by atoms with Crippen molar-refractivity contribution >= 4 is 27.4 Å². The number of ketones is 1. The van der Waals surface area contributed by atoms with E-state index in [9.17, 15) is 4.79 Å². The molecule has 96 valence electrons. The summed E-state index contributed by atoms with van der Waals surface area (Å²) in [5, 5.41) is 3.20. The van der Waals surface area contributed by atoms with Crippen molar-refractivity contribution in [2.45, 2.75) is 5.72 Å². The van der Waals surface area contributed by atoms with Crippen LogP contribution in [-0.2, 0) is 10.5 Å². The van der Waals surface area contributed by atoms with E-state index in [0.717, 1.165) is 15.7 Å². The first-order chi connectivity index (χ1) is 9.17. The van der Waals surface area contributed by atoms with Crippen LogP contribution in [0.15, 0.2) is 53.0 Å². The summed E-state index contributed by atoms with van der Waals surface area (Å²) in [5.41, 5.74) is 1.11. The number of hydrogen-bond acceptors (Lipinski definition) is 3. The number of hydrogen-bond donors (Lipinski definition) is 1. The van der Waals surface area contributed by atoms with E-state index >= 15 is 0 Å². The third-order valence-electron chi connectivity index (χ3n) is 3.34. The van der Waals surface area contributed by atoms with E-state index in [1.165, 1.54) is 7.11 Å². The summed E-state index contributed by atoms with van der Waals surface area (Å²) in [6.45, 7) is 0. The largest absolute Gasteiger partial charge is 0.348 e. The van der Waals surface area contributed by atoms with Crippen molar-refractivity contribution < 1.29 is 9.53 Å². The van der Waals surface area contributed by atoms with Crippen LogP contribution in [0.1, 0.15) is 15.9 Å². The number of methoxy groups -OCH3 is 1. The van der Waals surface area contributed by atoms with Crippen LogP contribution in [0.5, 0.6) is 0 Å². The average Bonchev–Trinajstić information content (AvgIpc) is 2.73. The molecule has 0 aromatic heterocycles. The van der Waals surface area contributed by atoms with Crippen LogP contribution >= 0.6 is 15.9 Å². The number of Topliss-reactive ketones (excluding diaryl/α,β-unsaturated/α-hetero) is 1. The van der Waals surface area contributed by atoms with Crippen LogP contribution in [0.2, 0.25) is 0 Å². The Kier molecular flexibility index (Phi) is 2.92. The van der Waals surface area contributed by atoms with E-state index in [2.05, 4.69) is 21.2 Å². The fourth-order valence-corrected chi connectivity index (χ4v) is 2.80. The van der Waals surface area contributed by atoms with E-state index in [4.69, 9.17) is 4.74 Å². The molecule has 0 bridgehead atoms. The fourth-order valence-electron chi connectivity index (χ4n) is 2.40. The highest BCUT2D eigenvalue weighted by atomic mass is 79.9. The smallest absolute Gasteiger partial charge is 0.230 e. The van der Waals surface area contributed by atoms with Crippen LogP contribution < -0.4 is 5.32 Å². The van der Waals surface area contributed by atoms with Gasteiger partial charge in [0.15, 0.2) is 0 Å². The Morgan fingerprint density at radius 1 is 1.16 bits per heavy atom. The Bertz CT molecular complexity index is 656. The van der Waals surface area contributed by atoms with Gasteiger partial charge in [-0.1, -0.05) is 40.2 Å². The van der Waals surface area contributed by atoms with Gasteiger partial charge in [-0.15, -0.1) is 0 Å². The van der Waals surface area contributed by atoms with E-state index < -0.39 is 5.72 Å². The molecule has 0 saturated carbocycles. The number of benzene rings is 2. The van der Waals surface area contributed by atoms with E-state index in [0.29, 0.717) is 5.56 Å². The summed E-state index contributed by atoms with van der Waals surface area (Å²) < 4.78 is 6.46. The highest BCUT2D eigenvalue weighted by Crippen LogP contribution is 2.40. The highest BCUT2D eigenvalue weighted by molar-refractivity contribution is 9.10. The lowest BCUT2D eigenvalue weighted by Crippen LogP contribution is -2.40. The van der Waals surface area contributed by atoms with Crippen molar-refractivity contribution in [2.24, 2.45) is 0 Å². The molecule has 1 aliphatic heterocycles. The monoisotopic (exact) mass is 317 g/mol. The van der Waals surface area contributed by atoms with Crippen LogP contribution in [-0.4, -0.2) is 12.9 Å². The lowest BCUT2D eigenvalue weighted by Gasteiger charge is -2.27. The third-order valence-corrected chi connectivity index (χ3v) is 3.83. The molecule has 0 aliphatic carbocycles. The second-order valence-electron chi connectivity index (χ2n) is 4.40. The molecule has 1 unspecified atom stereocenters. The van der Waals surface area contributed by atoms with Crippen molar-refractivity contribution in [1.82, 2.24) is 0 Å². The molecule has 0 amide bonds. The Morgan fingerprint density at radius 3 is 2.63 bits per heavy atom. The number of ether oxygens (including phenoxy) is 1. The van der Waals surface area contributed by atoms with Gasteiger partial charge in [-0.3, -0.25) is 4.79 Å². The first-order valence-corrected chi connectivity index (χ1v) is 6.70. The Morgan fingerprint density at radius 2 is 1.95 bits per heavy atom. The number of halogens is 1. The maximum atomic E-state index is 12.7. The maximum Gasteiger partial charge on any atom is 0.230 e. The topological polar surface area (TPSA) is 38.3 Å². The Hall–Kier alpha value is -1.65. The molecule has 19 heavy (non-hydrogen) atoms. The van der Waals surface area contributed by atoms with Crippen molar-refractivity contribution in [3.63, 3.8) is 0 Å². The van der Waals surface area contributed by atoms with Crippen molar-refractivity contribution in [2.75, 3.05) is 12.4 Å². The second-order valence-corrected chi connectivity index (χ2v) is 5.31. The number of fused-ring (bicyclic) bond motifs is 1. The van der Waals surface area contributed by atoms with Crippen LogP contribution in [0, 0.1) is 0 Å². The van der Waals surface area contributed by atoms with Gasteiger partial charge in [0.25, 0.3) is 0 Å². The molecule has 1 atom stereocenters. The Balaban J connectivity index is 2.15. The minimum atomic E-state index is -1.13. The van der Waals surface area contributed by atoms with E-state index in [1.54, 1.807) is 0 Å². The van der Waals surface area contributed by atoms with Gasteiger partial charge >= 0.3 is 0 Å². The molecule has 0 radical (unpaired) electrons. The molecule has 3 rings (SSSR count). The average molecular weight is 318 g/mol. The zero-order valence-corrected chi connectivity index (χ0v) is 11.9. The number of para-hydroxylation sites is 1. The van der Waals surface area contributed by atoms with Gasteiger partial charge in [-0.25, -0.2) is 0 Å². The van der Waals surface area contributed by atoms with Crippen LogP contribution in [0.3, 0.4) is 0 Å². The third kappa shape index (κ3) is 1.79. The van der Waals surface area contributed by atoms with E-state index in [-0.39, 0.29) is 5.78 Å². The lowest BCUT2D eigenvalue weighted by molar-refractivity contribution is 0.0194. The summed E-state index contributed by atoms with van der Waals surface area (Å²) in [6, 6.07) is 15.0. The van der Waals surface area contributed by atoms with E-state index in [1.807, 2.05) is 48.5 Å². The van der Waals surface area contributed by atoms with Gasteiger partial charge in [-0.2, -0.15) is 0 Å². The molecule has 4 heteroatoms. The summed E-state index contributed by atoms with van der Waals surface area (Å²) in [5.74, 6) is -0.0660. The summed E-state index contributed by atoms with van der Waals surface area (Å²) in [7, 11) is 1.54. The predicted octanol–water partition coefficient (Wildman–Crippen LogP) is 3.56. The number of anilines is 1. The van der Waals surface area contributed by atoms with Crippen molar-refractivity contribution in [1.29, 1.82) is 0 Å². The molecule has 1 heterocycles. The number of nitrogens with one attached hydrogen (secondary N) is 1. The Labute approximate surface area is 119 Å². The maximum absolute atomic E-state index is 12.7. The molecule has 0 fully saturated rings. The zero-order chi connectivity index (χ0) is 13.5. The highest BCUT2D eigenvalue weighted by Gasteiger charge is 2.47. The van der Waals surface area contributed by atoms with Gasteiger partial charge in [0, 0.05) is 28.4 Å². The molecular formula is C15H12BrNO2. The molecule has 2 aromatic rings. The van der Waals surface area contributed by atoms with Gasteiger partial charge in [0.05, 0.1) is 0 Å². The minimum absolute atomic E-state index is 0.0660. The number of carbonyl (C=O) groups excluding carboxylic acids is 1. The minimum Gasteiger partial charge on any atom is -0.348 e. The second kappa shape index (κ2) is 4.47. The molecule has 3 nitrogen and oxygen atoms in total. The van der Waals surface area contributed by atoms with Gasteiger partial charge < -0.3 is 10.1 Å². The quantitative estimate of drug-likeness (QED) is 0.920. The van der Waals surface area contributed by atoms with Gasteiger partial charge in [0.1, 0.15) is 0 Å². The SMILES string of the molecule is COC1(c2cccc(Br)c2)Nc2ccccc2C1=O. The predicted molar refractivity (Wildman–Crippen MR) is 77.2 cm³/mol. The summed E-state index contributed by atoms with van der Waals surface area (Å²) in [6.07, 6.45) is 0. The first kappa shape index (κ1) is 12.4. The fraction of sp³-hybridized carbons (Fsp3) is 0.133. The van der Waals surface area contributed by atoms with Crippen molar-refractivity contribution in [3.05, 3.63) is 64.1 Å². The zero-order valence-electron chi connectivity index (χ0n) is 10.3. The molecule has 2 aromatic carbocycles. The van der Waals surface area contributed by atoms with Gasteiger partial charge in [-0.05, 0) is 24.3 Å². The molecular weight excluding hydrogens is 306 g/mol. The number of carbonyl (C=O) groups is 1. The molecule has 1 aliphatic rings. The lowest BCUT2D eigenvalue weighted by atomic mass is 9.97. The molecule has 0 spiro atoms. The van der Waals surface area contributed by atoms with Gasteiger partial charge in [0.2, 0.25) is 11.5 Å². The molecule has 1 N–H and O–H groups in total. The number of rotatable bonds is 2. The standard InChI is InChI=1S/C15H12BrNO2/c1-19-15(10-5-4-6-11(16)9-10)14(18)12-7-2-3-8-13(12)17-15/h2-9,17H,1H3. The normalized spacial score (nSPS) is 21.1. The first-order valence-electron chi connectivity index (χ1n) is 5.90.